The van der Waals surface area contributed by atoms with Gasteiger partial charge in [0.15, 0.2) is 5.52 Å². The molecule has 0 aromatic heterocycles. The monoisotopic (exact) mass is 274 g/mol. The smallest absolute Gasteiger partial charge is 0.186 e. The summed E-state index contributed by atoms with van der Waals surface area (Å²) in [6.07, 6.45) is 0. The highest BCUT2D eigenvalue weighted by Gasteiger charge is 2.13. The molecule has 1 atom stereocenters. The van der Waals surface area contributed by atoms with E-state index in [1.807, 2.05) is 44.2 Å². The first kappa shape index (κ1) is 15.6. The number of benzene rings is 2. The largest absolute Gasteiger partial charge is 0.412 e. The molecule has 1 unspecified atom stereocenters. The lowest BCUT2D eigenvalue weighted by atomic mass is 10.0. The molecular weight excluding hydrogens is 255 g/mol. The van der Waals surface area contributed by atoms with Crippen molar-refractivity contribution in [3.8, 4) is 0 Å². The number of aryl methyl sites for hydroxylation is 3. The minimum absolute atomic E-state index is 0. The lowest BCUT2D eigenvalue weighted by molar-refractivity contribution is 0.108. The summed E-state index contributed by atoms with van der Waals surface area (Å²) in [6, 6.07) is 14.1. The Morgan fingerprint density at radius 3 is 2.00 bits per heavy atom. The summed E-state index contributed by atoms with van der Waals surface area (Å²) < 4.78 is 0. The second-order valence-electron chi connectivity index (χ2n) is 4.59. The molecule has 2 nitrogen and oxygen atoms in total. The van der Waals surface area contributed by atoms with Gasteiger partial charge in [-0.1, -0.05) is 48.0 Å². The summed E-state index contributed by atoms with van der Waals surface area (Å²) in [5.41, 5.74) is 4.51. The summed E-state index contributed by atoms with van der Waals surface area (Å²) >= 11 is 0. The Hall–Kier alpha value is -1.50. The Balaban J connectivity index is 0.00000180. The third kappa shape index (κ3) is 3.73. The Morgan fingerprint density at radius 1 is 0.947 bits per heavy atom. The molecule has 0 radical (unpaired) electrons. The molecule has 0 spiro atoms. The third-order valence-corrected chi connectivity index (χ3v) is 4.03. The average Bonchev–Trinajstić information content (AvgIpc) is 2.28. The van der Waals surface area contributed by atoms with E-state index in [0.717, 1.165) is 22.0 Å². The highest BCUT2D eigenvalue weighted by atomic mass is 31.1. The number of hydrogen-bond donors (Lipinski definition) is 0. The summed E-state index contributed by atoms with van der Waals surface area (Å²) in [5.74, 6) is 0. The van der Waals surface area contributed by atoms with Gasteiger partial charge in [-0.25, -0.2) is 0 Å². The lowest BCUT2D eigenvalue weighted by Crippen LogP contribution is -2.04. The zero-order valence-electron chi connectivity index (χ0n) is 11.4. The molecule has 0 heterocycles. The molecule has 0 aliphatic heterocycles. The van der Waals surface area contributed by atoms with Crippen LogP contribution in [0.25, 0.3) is 0 Å². The van der Waals surface area contributed by atoms with Crippen LogP contribution in [-0.4, -0.2) is 11.0 Å². The maximum Gasteiger partial charge on any atom is 0.186 e. The van der Waals surface area contributed by atoms with Crippen LogP contribution in [0, 0.1) is 20.8 Å². The highest BCUT2D eigenvalue weighted by Crippen LogP contribution is 2.25. The van der Waals surface area contributed by atoms with Crippen LogP contribution in [0.5, 0.6) is 0 Å². The Labute approximate surface area is 116 Å². The fourth-order valence-electron chi connectivity index (χ4n) is 2.25. The van der Waals surface area contributed by atoms with Crippen molar-refractivity contribution in [1.82, 2.24) is 0 Å². The number of rotatable bonds is 3. The predicted octanol–water partition coefficient (Wildman–Crippen LogP) is 2.93. The van der Waals surface area contributed by atoms with Crippen molar-refractivity contribution in [2.75, 3.05) is 0 Å². The summed E-state index contributed by atoms with van der Waals surface area (Å²) in [7, 11) is 0.206. The molecule has 0 bridgehead atoms. The van der Waals surface area contributed by atoms with Crippen molar-refractivity contribution in [3.63, 3.8) is 0 Å². The Kier molecular flexibility index (Phi) is 5.41. The van der Waals surface area contributed by atoms with Gasteiger partial charge in [-0.15, -0.1) is 0 Å². The summed E-state index contributed by atoms with van der Waals surface area (Å²) in [6.45, 7) is 6.10. The quantitative estimate of drug-likeness (QED) is 0.794. The first-order valence-electron chi connectivity index (χ1n) is 6.02. The maximum atomic E-state index is 12.4. The van der Waals surface area contributed by atoms with E-state index in [-0.39, 0.29) is 19.6 Å². The average molecular weight is 274 g/mol. The van der Waals surface area contributed by atoms with Gasteiger partial charge in [0.1, 0.15) is 0 Å². The Bertz CT molecular complexity index is 554. The molecule has 2 rings (SSSR count). The molecule has 0 aliphatic rings. The molecule has 2 aromatic carbocycles. The lowest BCUT2D eigenvalue weighted by Gasteiger charge is -2.10. The molecule has 0 saturated heterocycles. The number of hydrogen-bond acceptors (Lipinski definition) is 1. The standard InChI is InChI=1S/C16H17OP.H2O/c1-11-9-12(2)15(13(3)10-11)16(17)18-14-7-5-4-6-8-14;/h4-10,18H,1-3H3;1H2. The van der Waals surface area contributed by atoms with Crippen LogP contribution in [0.15, 0.2) is 42.5 Å². The second-order valence-corrected chi connectivity index (χ2v) is 5.88. The van der Waals surface area contributed by atoms with E-state index in [4.69, 9.17) is 0 Å². The van der Waals surface area contributed by atoms with Crippen LogP contribution in [0.4, 0.5) is 0 Å². The van der Waals surface area contributed by atoms with Crippen molar-refractivity contribution in [2.24, 2.45) is 0 Å². The molecule has 100 valence electrons. The van der Waals surface area contributed by atoms with E-state index in [9.17, 15) is 4.79 Å². The van der Waals surface area contributed by atoms with Crippen molar-refractivity contribution in [1.29, 1.82) is 0 Å². The van der Waals surface area contributed by atoms with Crippen LogP contribution in [-0.2, 0) is 0 Å². The van der Waals surface area contributed by atoms with Gasteiger partial charge >= 0.3 is 0 Å². The summed E-state index contributed by atoms with van der Waals surface area (Å²) in [4.78, 5) is 12.4. The van der Waals surface area contributed by atoms with Crippen molar-refractivity contribution in [2.45, 2.75) is 20.8 Å². The topological polar surface area (TPSA) is 48.6 Å². The number of carbonyl (C=O) groups excluding carboxylic acids is 1. The van der Waals surface area contributed by atoms with E-state index in [2.05, 4.69) is 19.1 Å². The fourth-order valence-corrected chi connectivity index (χ4v) is 3.39. The zero-order chi connectivity index (χ0) is 13.1. The van der Waals surface area contributed by atoms with Gasteiger partial charge in [0.25, 0.3) is 0 Å². The maximum absolute atomic E-state index is 12.4. The first-order chi connectivity index (χ1) is 8.58. The predicted molar refractivity (Wildman–Crippen MR) is 83.0 cm³/mol. The van der Waals surface area contributed by atoms with E-state index in [1.54, 1.807) is 0 Å². The van der Waals surface area contributed by atoms with Crippen molar-refractivity contribution in [3.05, 3.63) is 64.7 Å². The molecule has 3 heteroatoms. The SMILES string of the molecule is Cc1cc(C)c(C(=O)Pc2ccccc2)c(C)c1.O. The van der Waals surface area contributed by atoms with Gasteiger partial charge < -0.3 is 5.48 Å². The van der Waals surface area contributed by atoms with Gasteiger partial charge in [0, 0.05) is 5.56 Å². The third-order valence-electron chi connectivity index (χ3n) is 2.94. The van der Waals surface area contributed by atoms with E-state index in [0.29, 0.717) is 0 Å². The fraction of sp³-hybridized carbons (Fsp3) is 0.188. The summed E-state index contributed by atoms with van der Waals surface area (Å²) in [5, 5.41) is 1.10. The minimum Gasteiger partial charge on any atom is -0.412 e. The first-order valence-corrected chi connectivity index (χ1v) is 7.02. The zero-order valence-corrected chi connectivity index (χ0v) is 12.4. The van der Waals surface area contributed by atoms with Crippen LogP contribution in [0.1, 0.15) is 27.0 Å². The molecule has 2 N–H and O–H groups in total. The molecule has 0 saturated carbocycles. The molecule has 0 fully saturated rings. The van der Waals surface area contributed by atoms with Gasteiger partial charge in [-0.05, 0) is 45.8 Å². The van der Waals surface area contributed by atoms with E-state index >= 15 is 0 Å². The van der Waals surface area contributed by atoms with Gasteiger partial charge in [-0.2, -0.15) is 0 Å². The van der Waals surface area contributed by atoms with E-state index < -0.39 is 0 Å². The molecule has 0 aliphatic carbocycles. The van der Waals surface area contributed by atoms with Gasteiger partial charge in [-0.3, -0.25) is 4.79 Å². The van der Waals surface area contributed by atoms with Crippen molar-refractivity contribution < 1.29 is 10.3 Å². The molecule has 0 amide bonds. The molecular formula is C16H19O2P. The van der Waals surface area contributed by atoms with Gasteiger partial charge in [0.2, 0.25) is 0 Å². The van der Waals surface area contributed by atoms with Crippen LogP contribution < -0.4 is 5.30 Å². The second kappa shape index (κ2) is 6.60. The molecule has 2 aromatic rings. The van der Waals surface area contributed by atoms with Gasteiger partial charge in [0.05, 0.1) is 0 Å². The minimum atomic E-state index is 0. The number of carbonyl (C=O) groups is 1. The molecule has 19 heavy (non-hydrogen) atoms. The Morgan fingerprint density at radius 2 is 1.47 bits per heavy atom. The van der Waals surface area contributed by atoms with Crippen LogP contribution >= 0.6 is 8.58 Å². The normalized spacial score (nSPS) is 10.5. The van der Waals surface area contributed by atoms with Crippen molar-refractivity contribution >= 4 is 19.4 Å². The van der Waals surface area contributed by atoms with Crippen LogP contribution in [0.2, 0.25) is 0 Å². The highest BCUT2D eigenvalue weighted by molar-refractivity contribution is 7.66. The van der Waals surface area contributed by atoms with E-state index in [1.165, 1.54) is 5.56 Å². The van der Waals surface area contributed by atoms with Crippen LogP contribution in [0.3, 0.4) is 0 Å².